The lowest BCUT2D eigenvalue weighted by Gasteiger charge is -2.34. The van der Waals surface area contributed by atoms with E-state index in [0.29, 0.717) is 11.8 Å². The topological polar surface area (TPSA) is 67.1 Å². The maximum atomic E-state index is 10.5. The van der Waals surface area contributed by atoms with Crippen LogP contribution in [-0.2, 0) is 0 Å². The Kier molecular flexibility index (Phi) is 3.33. The first kappa shape index (κ1) is 13.7. The Morgan fingerprint density at radius 3 is 2.73 bits per heavy atom. The van der Waals surface area contributed by atoms with Gasteiger partial charge in [0.1, 0.15) is 18.5 Å². The number of nitrogens with zero attached hydrogens (tertiary/aromatic N) is 5. The van der Waals surface area contributed by atoms with Gasteiger partial charge in [0.2, 0.25) is 0 Å². The first-order valence-corrected chi connectivity index (χ1v) is 7.91. The van der Waals surface area contributed by atoms with Gasteiger partial charge in [0.15, 0.2) is 0 Å². The zero-order valence-electron chi connectivity index (χ0n) is 12.7. The molecule has 3 heterocycles. The Morgan fingerprint density at radius 2 is 2.00 bits per heavy atom. The lowest BCUT2D eigenvalue weighted by atomic mass is 9.77. The third kappa shape index (κ3) is 2.37. The number of pyridine rings is 1. The summed E-state index contributed by atoms with van der Waals surface area (Å²) in [5.41, 5.74) is 1.05. The molecule has 0 unspecified atom stereocenters. The van der Waals surface area contributed by atoms with Gasteiger partial charge in [0.25, 0.3) is 0 Å². The first-order chi connectivity index (χ1) is 10.7. The van der Waals surface area contributed by atoms with Gasteiger partial charge < -0.3 is 10.0 Å². The highest BCUT2D eigenvalue weighted by Crippen LogP contribution is 2.41. The highest BCUT2D eigenvalue weighted by molar-refractivity contribution is 5.41. The predicted octanol–water partition coefficient (Wildman–Crippen LogP) is 1.43. The van der Waals surface area contributed by atoms with Crippen molar-refractivity contribution in [3.8, 4) is 0 Å². The number of aryl methyl sites for hydroxylation is 1. The summed E-state index contributed by atoms with van der Waals surface area (Å²) in [6.45, 7) is 4.03. The molecule has 116 valence electrons. The summed E-state index contributed by atoms with van der Waals surface area (Å²) in [7, 11) is 0. The number of fused-ring (bicyclic) bond motifs is 1. The number of rotatable bonds is 2. The number of aliphatic hydroxyl groups is 1. The van der Waals surface area contributed by atoms with E-state index in [1.165, 1.54) is 6.33 Å². The fraction of sp³-hybridized carbons (Fsp3) is 0.562. The van der Waals surface area contributed by atoms with E-state index in [4.69, 9.17) is 0 Å². The molecule has 4 rings (SSSR count). The second-order valence-electron chi connectivity index (χ2n) is 6.54. The molecule has 2 aromatic heterocycles. The Labute approximate surface area is 129 Å². The van der Waals surface area contributed by atoms with Crippen LogP contribution in [0.5, 0.6) is 0 Å². The molecule has 22 heavy (non-hydrogen) atoms. The minimum atomic E-state index is -0.339. The molecule has 1 aliphatic heterocycles. The maximum Gasteiger partial charge on any atom is 0.137 e. The summed E-state index contributed by atoms with van der Waals surface area (Å²) < 4.78 is 1.81. The van der Waals surface area contributed by atoms with Gasteiger partial charge in [-0.05, 0) is 43.7 Å². The fourth-order valence-electron chi connectivity index (χ4n) is 3.97. The zero-order chi connectivity index (χ0) is 15.1. The molecule has 6 heteroatoms. The van der Waals surface area contributed by atoms with Crippen molar-refractivity contribution in [1.82, 2.24) is 19.7 Å². The molecule has 2 aliphatic rings. The average molecular weight is 299 g/mol. The smallest absolute Gasteiger partial charge is 0.137 e. The van der Waals surface area contributed by atoms with Gasteiger partial charge >= 0.3 is 0 Å². The zero-order valence-corrected chi connectivity index (χ0v) is 12.7. The van der Waals surface area contributed by atoms with Crippen molar-refractivity contribution in [2.75, 3.05) is 18.0 Å². The first-order valence-electron chi connectivity index (χ1n) is 7.91. The van der Waals surface area contributed by atoms with Crippen molar-refractivity contribution in [3.05, 3.63) is 36.5 Å². The van der Waals surface area contributed by atoms with Gasteiger partial charge in [-0.2, -0.15) is 5.10 Å². The standard InChI is InChI=1S/C16H21N5O/c1-11-3-2-4-16(19-11)20-7-12-5-14(21-10-17-9-18-21)15(22)6-13(12)8-20/h2-4,9-10,12-15,22H,5-8H2,1H3/t12-,13+,14-,15-/m1/s1. The highest BCUT2D eigenvalue weighted by Gasteiger charge is 2.42. The number of aromatic nitrogens is 4. The molecule has 1 aliphatic carbocycles. The van der Waals surface area contributed by atoms with E-state index in [-0.39, 0.29) is 12.1 Å². The third-order valence-electron chi connectivity index (χ3n) is 5.08. The van der Waals surface area contributed by atoms with Crippen LogP contribution in [-0.4, -0.2) is 44.0 Å². The van der Waals surface area contributed by atoms with E-state index >= 15 is 0 Å². The van der Waals surface area contributed by atoms with Crippen molar-refractivity contribution in [2.45, 2.75) is 31.9 Å². The molecule has 0 spiro atoms. The van der Waals surface area contributed by atoms with Crippen molar-refractivity contribution >= 4 is 5.82 Å². The average Bonchev–Trinajstić information content (AvgIpc) is 3.15. The maximum absolute atomic E-state index is 10.5. The Morgan fingerprint density at radius 1 is 1.18 bits per heavy atom. The Balaban J connectivity index is 1.52. The Hall–Kier alpha value is -1.95. The van der Waals surface area contributed by atoms with Crippen LogP contribution in [0.25, 0.3) is 0 Å². The van der Waals surface area contributed by atoms with Crippen LogP contribution in [0.2, 0.25) is 0 Å². The van der Waals surface area contributed by atoms with E-state index < -0.39 is 0 Å². The van der Waals surface area contributed by atoms with E-state index in [2.05, 4.69) is 32.1 Å². The SMILES string of the molecule is Cc1cccc(N2C[C@H]3C[C@@H](n4cncn4)[C@H](O)C[C@H]3C2)n1. The summed E-state index contributed by atoms with van der Waals surface area (Å²) in [6.07, 6.45) is 4.70. The van der Waals surface area contributed by atoms with Crippen LogP contribution < -0.4 is 4.90 Å². The summed E-state index contributed by atoms with van der Waals surface area (Å²) in [4.78, 5) is 11.0. The molecular weight excluding hydrogens is 278 g/mol. The summed E-state index contributed by atoms with van der Waals surface area (Å²) in [5.74, 6) is 2.18. The summed E-state index contributed by atoms with van der Waals surface area (Å²) in [5, 5.41) is 14.7. The van der Waals surface area contributed by atoms with Crippen LogP contribution >= 0.6 is 0 Å². The predicted molar refractivity (Wildman–Crippen MR) is 82.5 cm³/mol. The molecule has 1 N–H and O–H groups in total. The van der Waals surface area contributed by atoms with Gasteiger partial charge in [-0.15, -0.1) is 0 Å². The lowest BCUT2D eigenvalue weighted by molar-refractivity contribution is 0.0305. The van der Waals surface area contributed by atoms with Gasteiger partial charge in [0.05, 0.1) is 12.1 Å². The van der Waals surface area contributed by atoms with Gasteiger partial charge in [0, 0.05) is 18.8 Å². The van der Waals surface area contributed by atoms with E-state index in [1.54, 1.807) is 6.33 Å². The molecule has 2 fully saturated rings. The van der Waals surface area contributed by atoms with E-state index in [0.717, 1.165) is 37.4 Å². The van der Waals surface area contributed by atoms with Gasteiger partial charge in [-0.25, -0.2) is 14.6 Å². The van der Waals surface area contributed by atoms with Crippen LogP contribution in [0.3, 0.4) is 0 Å². The van der Waals surface area contributed by atoms with Crippen LogP contribution in [0.1, 0.15) is 24.6 Å². The lowest BCUT2D eigenvalue weighted by Crippen LogP contribution is -2.36. The van der Waals surface area contributed by atoms with E-state index in [1.807, 2.05) is 17.7 Å². The molecule has 0 aromatic carbocycles. The second-order valence-corrected chi connectivity index (χ2v) is 6.54. The van der Waals surface area contributed by atoms with Gasteiger partial charge in [-0.3, -0.25) is 0 Å². The minimum absolute atomic E-state index is 0.0502. The van der Waals surface area contributed by atoms with Crippen molar-refractivity contribution in [1.29, 1.82) is 0 Å². The van der Waals surface area contributed by atoms with Crippen LogP contribution in [0, 0.1) is 18.8 Å². The number of hydrogen-bond acceptors (Lipinski definition) is 5. The number of anilines is 1. The molecular formula is C16H21N5O. The highest BCUT2D eigenvalue weighted by atomic mass is 16.3. The fourth-order valence-corrected chi connectivity index (χ4v) is 3.97. The monoisotopic (exact) mass is 299 g/mol. The molecule has 1 saturated carbocycles. The normalized spacial score (nSPS) is 31.3. The summed E-state index contributed by atoms with van der Waals surface area (Å²) in [6, 6.07) is 6.22. The molecule has 0 amide bonds. The van der Waals surface area contributed by atoms with Gasteiger partial charge in [-0.1, -0.05) is 6.07 Å². The number of hydrogen-bond donors (Lipinski definition) is 1. The molecule has 0 bridgehead atoms. The third-order valence-corrected chi connectivity index (χ3v) is 5.08. The largest absolute Gasteiger partial charge is 0.391 e. The summed E-state index contributed by atoms with van der Waals surface area (Å²) >= 11 is 0. The molecule has 4 atom stereocenters. The number of aliphatic hydroxyl groups excluding tert-OH is 1. The molecule has 2 aromatic rings. The molecule has 0 radical (unpaired) electrons. The molecule has 1 saturated heterocycles. The van der Waals surface area contributed by atoms with Crippen molar-refractivity contribution in [2.24, 2.45) is 11.8 Å². The minimum Gasteiger partial charge on any atom is -0.391 e. The van der Waals surface area contributed by atoms with Crippen LogP contribution in [0.15, 0.2) is 30.9 Å². The second kappa shape index (κ2) is 5.35. The quantitative estimate of drug-likeness (QED) is 0.908. The molecule has 6 nitrogen and oxygen atoms in total. The van der Waals surface area contributed by atoms with Crippen molar-refractivity contribution in [3.63, 3.8) is 0 Å². The Bertz CT molecular complexity index is 644. The van der Waals surface area contributed by atoms with E-state index in [9.17, 15) is 5.11 Å². The van der Waals surface area contributed by atoms with Crippen LogP contribution in [0.4, 0.5) is 5.82 Å². The van der Waals surface area contributed by atoms with Crippen molar-refractivity contribution < 1.29 is 5.11 Å².